The highest BCUT2D eigenvalue weighted by atomic mass is 31.1. The van der Waals surface area contributed by atoms with Crippen molar-refractivity contribution in [1.29, 1.82) is 0 Å². The molecule has 2 heteroatoms. The first-order chi connectivity index (χ1) is 13.8. The molecule has 4 aromatic rings. The van der Waals surface area contributed by atoms with Crippen molar-refractivity contribution in [2.75, 3.05) is 0 Å². The Labute approximate surface area is 167 Å². The molecule has 0 aliphatic carbocycles. The van der Waals surface area contributed by atoms with E-state index in [0.717, 1.165) is 27.6 Å². The zero-order valence-electron chi connectivity index (χ0n) is 15.3. The molecule has 0 aliphatic rings. The molecule has 0 fully saturated rings. The standard InChI is InChI=1S/C26H19OP/c27-28-26-23(14-8-16-25(26)22-12-5-2-6-13-22)18-17-20-9-7-15-24(19-20)21-10-3-1-4-11-21/h1-19H/b18-17+. The van der Waals surface area contributed by atoms with Crippen LogP contribution in [0.15, 0.2) is 103 Å². The number of rotatable bonds is 5. The summed E-state index contributed by atoms with van der Waals surface area (Å²) in [5.41, 5.74) is 6.52. The average molecular weight is 378 g/mol. The largest absolute Gasteiger partial charge is 0.269 e. The van der Waals surface area contributed by atoms with Crippen LogP contribution in [0.4, 0.5) is 0 Å². The van der Waals surface area contributed by atoms with Gasteiger partial charge in [0.05, 0.1) is 5.30 Å². The molecule has 0 aliphatic heterocycles. The van der Waals surface area contributed by atoms with Crippen molar-refractivity contribution in [3.8, 4) is 22.3 Å². The fraction of sp³-hybridized carbons (Fsp3) is 0. The van der Waals surface area contributed by atoms with Gasteiger partial charge in [0.15, 0.2) is 8.46 Å². The summed E-state index contributed by atoms with van der Waals surface area (Å²) in [5, 5.41) is 0.809. The summed E-state index contributed by atoms with van der Waals surface area (Å²) < 4.78 is 11.9. The van der Waals surface area contributed by atoms with Gasteiger partial charge in [-0.05, 0) is 39.4 Å². The lowest BCUT2D eigenvalue weighted by Gasteiger charge is -2.07. The van der Waals surface area contributed by atoms with E-state index in [1.807, 2.05) is 72.8 Å². The van der Waals surface area contributed by atoms with Crippen LogP contribution in [0.25, 0.3) is 34.4 Å². The Hall–Kier alpha value is -3.28. The number of hydrogen-bond acceptors (Lipinski definition) is 1. The Morgan fingerprint density at radius 1 is 0.571 bits per heavy atom. The van der Waals surface area contributed by atoms with Crippen molar-refractivity contribution >= 4 is 25.9 Å². The topological polar surface area (TPSA) is 17.1 Å². The average Bonchev–Trinajstić information content (AvgIpc) is 2.78. The minimum atomic E-state index is 0.0227. The molecular formula is C26H19OP. The summed E-state index contributed by atoms with van der Waals surface area (Å²) in [7, 11) is 0.0227. The molecule has 0 bridgehead atoms. The van der Waals surface area contributed by atoms with E-state index in [2.05, 4.69) is 42.5 Å². The van der Waals surface area contributed by atoms with Gasteiger partial charge in [-0.2, -0.15) is 0 Å². The lowest BCUT2D eigenvalue weighted by atomic mass is 10.0. The molecule has 0 amide bonds. The number of benzene rings is 4. The molecule has 0 N–H and O–H groups in total. The molecule has 1 nitrogen and oxygen atoms in total. The second-order valence-electron chi connectivity index (χ2n) is 6.53. The molecule has 4 rings (SSSR count). The van der Waals surface area contributed by atoms with Crippen LogP contribution in [0.2, 0.25) is 0 Å². The van der Waals surface area contributed by atoms with E-state index in [-0.39, 0.29) is 8.46 Å². The van der Waals surface area contributed by atoms with Gasteiger partial charge in [0.25, 0.3) is 0 Å². The van der Waals surface area contributed by atoms with Crippen LogP contribution in [0.3, 0.4) is 0 Å². The van der Waals surface area contributed by atoms with Gasteiger partial charge in [0, 0.05) is 0 Å². The predicted octanol–water partition coefficient (Wildman–Crippen LogP) is 7.11. The van der Waals surface area contributed by atoms with Crippen LogP contribution in [0.5, 0.6) is 0 Å². The first kappa shape index (κ1) is 18.1. The van der Waals surface area contributed by atoms with E-state index in [1.54, 1.807) is 0 Å². The maximum Gasteiger partial charge on any atom is 0.193 e. The highest BCUT2D eigenvalue weighted by Gasteiger charge is 2.08. The second-order valence-corrected chi connectivity index (χ2v) is 7.16. The number of hydrogen-bond donors (Lipinski definition) is 0. The van der Waals surface area contributed by atoms with E-state index >= 15 is 0 Å². The second kappa shape index (κ2) is 8.61. The Morgan fingerprint density at radius 3 is 1.93 bits per heavy atom. The van der Waals surface area contributed by atoms with E-state index in [0.29, 0.717) is 0 Å². The van der Waals surface area contributed by atoms with E-state index in [4.69, 9.17) is 0 Å². The maximum absolute atomic E-state index is 11.9. The normalized spacial score (nSPS) is 11.1. The first-order valence-electron chi connectivity index (χ1n) is 9.20. The van der Waals surface area contributed by atoms with Gasteiger partial charge >= 0.3 is 0 Å². The van der Waals surface area contributed by atoms with Crippen molar-refractivity contribution in [2.24, 2.45) is 0 Å². The molecule has 0 atom stereocenters. The third-order valence-corrected chi connectivity index (χ3v) is 5.37. The molecule has 0 aromatic heterocycles. The molecule has 0 radical (unpaired) electrons. The monoisotopic (exact) mass is 378 g/mol. The highest BCUT2D eigenvalue weighted by molar-refractivity contribution is 7.34. The summed E-state index contributed by atoms with van der Waals surface area (Å²) in [5.74, 6) is 0. The summed E-state index contributed by atoms with van der Waals surface area (Å²) >= 11 is 0. The Kier molecular flexibility index (Phi) is 5.56. The lowest BCUT2D eigenvalue weighted by Crippen LogP contribution is -2.02. The predicted molar refractivity (Wildman–Crippen MR) is 120 cm³/mol. The van der Waals surface area contributed by atoms with Crippen molar-refractivity contribution in [3.63, 3.8) is 0 Å². The van der Waals surface area contributed by atoms with Gasteiger partial charge in [0.2, 0.25) is 0 Å². The van der Waals surface area contributed by atoms with E-state index < -0.39 is 0 Å². The molecule has 0 saturated carbocycles. The molecule has 134 valence electrons. The van der Waals surface area contributed by atoms with Crippen LogP contribution >= 0.6 is 8.46 Å². The molecule has 0 unspecified atom stereocenters. The summed E-state index contributed by atoms with van der Waals surface area (Å²) in [4.78, 5) is 0. The molecule has 0 saturated heterocycles. The maximum atomic E-state index is 11.9. The highest BCUT2D eigenvalue weighted by Crippen LogP contribution is 2.24. The van der Waals surface area contributed by atoms with Crippen LogP contribution in [0, 0.1) is 0 Å². The third kappa shape index (κ3) is 4.01. The van der Waals surface area contributed by atoms with Crippen LogP contribution in [-0.4, -0.2) is 0 Å². The van der Waals surface area contributed by atoms with Crippen LogP contribution < -0.4 is 5.30 Å². The van der Waals surface area contributed by atoms with Gasteiger partial charge < -0.3 is 0 Å². The smallest absolute Gasteiger partial charge is 0.193 e. The lowest BCUT2D eigenvalue weighted by molar-refractivity contribution is 0.603. The SMILES string of the molecule is O=Pc1c(/C=C/c2cccc(-c3ccccc3)c2)cccc1-c1ccccc1. The molecule has 28 heavy (non-hydrogen) atoms. The Bertz CT molecular complexity index is 1120. The third-order valence-electron chi connectivity index (χ3n) is 4.69. The molecule has 4 aromatic carbocycles. The van der Waals surface area contributed by atoms with Crippen molar-refractivity contribution in [2.45, 2.75) is 0 Å². The molecular weight excluding hydrogens is 359 g/mol. The minimum Gasteiger partial charge on any atom is -0.269 e. The first-order valence-corrected chi connectivity index (χ1v) is 10.0. The quantitative estimate of drug-likeness (QED) is 0.267. The van der Waals surface area contributed by atoms with Crippen LogP contribution in [-0.2, 0) is 4.57 Å². The van der Waals surface area contributed by atoms with Gasteiger partial charge in [-0.15, -0.1) is 0 Å². The van der Waals surface area contributed by atoms with E-state index in [9.17, 15) is 4.57 Å². The van der Waals surface area contributed by atoms with Crippen LogP contribution in [0.1, 0.15) is 11.1 Å². The van der Waals surface area contributed by atoms with Crippen molar-refractivity contribution in [3.05, 3.63) is 114 Å². The van der Waals surface area contributed by atoms with Gasteiger partial charge in [0.1, 0.15) is 0 Å². The van der Waals surface area contributed by atoms with Crippen molar-refractivity contribution < 1.29 is 4.57 Å². The van der Waals surface area contributed by atoms with Gasteiger partial charge in [-0.1, -0.05) is 109 Å². The fourth-order valence-electron chi connectivity index (χ4n) is 3.29. The zero-order valence-corrected chi connectivity index (χ0v) is 16.2. The summed E-state index contributed by atoms with van der Waals surface area (Å²) in [6.45, 7) is 0. The zero-order chi connectivity index (χ0) is 19.2. The summed E-state index contributed by atoms with van der Waals surface area (Å²) in [6, 6.07) is 34.9. The fourth-order valence-corrected chi connectivity index (χ4v) is 3.84. The van der Waals surface area contributed by atoms with Gasteiger partial charge in [-0.3, -0.25) is 4.57 Å². The van der Waals surface area contributed by atoms with Crippen molar-refractivity contribution in [1.82, 2.24) is 0 Å². The summed E-state index contributed by atoms with van der Waals surface area (Å²) in [6.07, 6.45) is 4.11. The molecule has 0 spiro atoms. The molecule has 0 heterocycles. The Balaban J connectivity index is 1.68. The van der Waals surface area contributed by atoms with E-state index in [1.165, 1.54) is 11.1 Å². The Morgan fingerprint density at radius 2 is 1.21 bits per heavy atom. The van der Waals surface area contributed by atoms with Gasteiger partial charge in [-0.25, -0.2) is 0 Å². The minimum absolute atomic E-state index is 0.0227.